The minimum absolute atomic E-state index is 0.491. The van der Waals surface area contributed by atoms with E-state index in [1.54, 1.807) is 11.1 Å². The first-order chi connectivity index (χ1) is 7.25. The van der Waals surface area contributed by atoms with E-state index in [0.717, 1.165) is 24.9 Å². The Balaban J connectivity index is 1.86. The molecular formula is C13H21NO. The zero-order chi connectivity index (χ0) is 10.4. The maximum atomic E-state index is 6.18. The molecule has 0 aromatic carbocycles. The zero-order valence-corrected chi connectivity index (χ0v) is 9.75. The van der Waals surface area contributed by atoms with E-state index in [0.29, 0.717) is 12.2 Å². The van der Waals surface area contributed by atoms with Gasteiger partial charge < -0.3 is 10.1 Å². The first-order valence-corrected chi connectivity index (χ1v) is 6.27. The monoisotopic (exact) mass is 207 g/mol. The second-order valence-electron chi connectivity index (χ2n) is 5.50. The third kappa shape index (κ3) is 1.55. The Labute approximate surface area is 92.1 Å². The van der Waals surface area contributed by atoms with E-state index >= 15 is 0 Å². The summed E-state index contributed by atoms with van der Waals surface area (Å²) in [7, 11) is 0. The molecule has 3 rings (SSSR count). The van der Waals surface area contributed by atoms with E-state index in [1.807, 2.05) is 0 Å². The molecule has 0 spiro atoms. The van der Waals surface area contributed by atoms with Gasteiger partial charge in [-0.05, 0) is 51.5 Å². The molecule has 0 amide bonds. The van der Waals surface area contributed by atoms with Gasteiger partial charge in [-0.25, -0.2) is 0 Å². The summed E-state index contributed by atoms with van der Waals surface area (Å²) >= 11 is 0. The summed E-state index contributed by atoms with van der Waals surface area (Å²) in [5.41, 5.74) is 3.24. The first kappa shape index (κ1) is 9.86. The predicted octanol–water partition coefficient (Wildman–Crippen LogP) is 2.11. The normalized spacial score (nSPS) is 45.2. The van der Waals surface area contributed by atoms with Gasteiger partial charge in [0.15, 0.2) is 0 Å². The van der Waals surface area contributed by atoms with Crippen molar-refractivity contribution < 1.29 is 4.74 Å². The Morgan fingerprint density at radius 2 is 1.73 bits per heavy atom. The molecule has 0 radical (unpaired) electrons. The number of rotatable bonds is 0. The standard InChI is InChI=1S/C13H21NO/c1-8-5-10-11(6-9(8)2)13-7-14-4-3-12(10)15-13/h10-14H,3-7H2,1-2H3/t10-,11+,12+,13-/m0/s1. The largest absolute Gasteiger partial charge is 0.373 e. The second-order valence-corrected chi connectivity index (χ2v) is 5.50. The number of hydrogen-bond donors (Lipinski definition) is 1. The summed E-state index contributed by atoms with van der Waals surface area (Å²) in [6.07, 6.45) is 4.81. The SMILES string of the molecule is CC1=C(C)C[C@H]2[C@@H](C1)[C@@H]1CNCC[C@H]2O1. The van der Waals surface area contributed by atoms with E-state index in [4.69, 9.17) is 4.74 Å². The molecule has 1 N–H and O–H groups in total. The molecule has 0 saturated carbocycles. The van der Waals surface area contributed by atoms with Crippen LogP contribution < -0.4 is 5.32 Å². The van der Waals surface area contributed by atoms with Gasteiger partial charge in [0.05, 0.1) is 12.2 Å². The van der Waals surface area contributed by atoms with Crippen LogP contribution in [-0.2, 0) is 4.74 Å². The van der Waals surface area contributed by atoms with Gasteiger partial charge in [0, 0.05) is 6.54 Å². The Bertz CT molecular complexity index is 269. The number of hydrogen-bond acceptors (Lipinski definition) is 2. The summed E-state index contributed by atoms with van der Waals surface area (Å²) in [5, 5.41) is 3.50. The molecular weight excluding hydrogens is 186 g/mol. The molecule has 0 aromatic heterocycles. The van der Waals surface area contributed by atoms with Crippen LogP contribution >= 0.6 is 0 Å². The van der Waals surface area contributed by atoms with Crippen molar-refractivity contribution in [2.45, 2.75) is 45.3 Å². The highest BCUT2D eigenvalue weighted by Crippen LogP contribution is 2.46. The molecule has 2 saturated heterocycles. The number of ether oxygens (including phenoxy) is 1. The van der Waals surface area contributed by atoms with Gasteiger partial charge in [-0.1, -0.05) is 11.1 Å². The molecule has 4 atom stereocenters. The maximum Gasteiger partial charge on any atom is 0.0738 e. The average molecular weight is 207 g/mol. The van der Waals surface area contributed by atoms with Crippen molar-refractivity contribution in [1.82, 2.24) is 5.32 Å². The average Bonchev–Trinajstić information content (AvgIpc) is 2.42. The minimum atomic E-state index is 0.491. The molecule has 84 valence electrons. The molecule has 2 aliphatic heterocycles. The third-order valence-corrected chi connectivity index (χ3v) is 4.62. The van der Waals surface area contributed by atoms with Gasteiger partial charge in [-0.3, -0.25) is 0 Å². The molecule has 0 unspecified atom stereocenters. The molecule has 1 aliphatic carbocycles. The number of nitrogens with one attached hydrogen (secondary N) is 1. The predicted molar refractivity (Wildman–Crippen MR) is 60.7 cm³/mol. The molecule has 2 heteroatoms. The summed E-state index contributed by atoms with van der Waals surface area (Å²) in [4.78, 5) is 0. The van der Waals surface area contributed by atoms with E-state index in [9.17, 15) is 0 Å². The van der Waals surface area contributed by atoms with Crippen LogP contribution in [-0.4, -0.2) is 25.3 Å². The van der Waals surface area contributed by atoms with Crippen LogP contribution in [0.3, 0.4) is 0 Å². The molecule has 2 nitrogen and oxygen atoms in total. The summed E-state index contributed by atoms with van der Waals surface area (Å²) in [5.74, 6) is 1.62. The Morgan fingerprint density at radius 3 is 2.47 bits per heavy atom. The van der Waals surface area contributed by atoms with Crippen molar-refractivity contribution >= 4 is 0 Å². The fourth-order valence-corrected chi connectivity index (χ4v) is 3.57. The first-order valence-electron chi connectivity index (χ1n) is 6.27. The Morgan fingerprint density at radius 1 is 1.07 bits per heavy atom. The highest BCUT2D eigenvalue weighted by Gasteiger charge is 2.46. The molecule has 15 heavy (non-hydrogen) atoms. The summed E-state index contributed by atoms with van der Waals surface area (Å²) in [6, 6.07) is 0. The van der Waals surface area contributed by atoms with E-state index in [1.165, 1.54) is 19.3 Å². The molecule has 3 aliphatic rings. The quantitative estimate of drug-likeness (QED) is 0.614. The van der Waals surface area contributed by atoms with Crippen LogP contribution in [0, 0.1) is 11.8 Å². The van der Waals surface area contributed by atoms with Gasteiger partial charge >= 0.3 is 0 Å². The van der Waals surface area contributed by atoms with Crippen LogP contribution in [0.15, 0.2) is 11.1 Å². The second kappa shape index (κ2) is 3.60. The lowest BCUT2D eigenvalue weighted by Gasteiger charge is -2.32. The van der Waals surface area contributed by atoms with Gasteiger partial charge in [0.2, 0.25) is 0 Å². The van der Waals surface area contributed by atoms with E-state index < -0.39 is 0 Å². The van der Waals surface area contributed by atoms with Crippen LogP contribution in [0.1, 0.15) is 33.1 Å². The van der Waals surface area contributed by atoms with Crippen LogP contribution in [0.2, 0.25) is 0 Å². The van der Waals surface area contributed by atoms with Gasteiger partial charge in [-0.2, -0.15) is 0 Å². The van der Waals surface area contributed by atoms with Crippen molar-refractivity contribution in [2.24, 2.45) is 11.8 Å². The minimum Gasteiger partial charge on any atom is -0.373 e. The Hall–Kier alpha value is -0.340. The van der Waals surface area contributed by atoms with Gasteiger partial charge in [0.1, 0.15) is 0 Å². The number of allylic oxidation sites excluding steroid dienone is 2. The maximum absolute atomic E-state index is 6.18. The van der Waals surface area contributed by atoms with E-state index in [2.05, 4.69) is 19.2 Å². The highest BCUT2D eigenvalue weighted by atomic mass is 16.5. The van der Waals surface area contributed by atoms with Gasteiger partial charge in [-0.15, -0.1) is 0 Å². The van der Waals surface area contributed by atoms with Gasteiger partial charge in [0.25, 0.3) is 0 Å². The lowest BCUT2D eigenvalue weighted by molar-refractivity contribution is 0.0407. The summed E-state index contributed by atoms with van der Waals surface area (Å²) in [6.45, 7) is 6.82. The molecule has 0 aromatic rings. The van der Waals surface area contributed by atoms with Crippen molar-refractivity contribution in [2.75, 3.05) is 13.1 Å². The van der Waals surface area contributed by atoms with Crippen LogP contribution in [0.25, 0.3) is 0 Å². The molecule has 2 heterocycles. The van der Waals surface area contributed by atoms with Crippen molar-refractivity contribution in [1.29, 1.82) is 0 Å². The zero-order valence-electron chi connectivity index (χ0n) is 9.75. The topological polar surface area (TPSA) is 21.3 Å². The van der Waals surface area contributed by atoms with Crippen molar-refractivity contribution in [3.05, 3.63) is 11.1 Å². The van der Waals surface area contributed by atoms with Crippen LogP contribution in [0.4, 0.5) is 0 Å². The van der Waals surface area contributed by atoms with Crippen molar-refractivity contribution in [3.8, 4) is 0 Å². The Kier molecular flexibility index (Phi) is 2.37. The lowest BCUT2D eigenvalue weighted by Crippen LogP contribution is -2.36. The number of fused-ring (bicyclic) bond motifs is 5. The summed E-state index contributed by atoms with van der Waals surface area (Å²) < 4.78 is 6.18. The molecule has 2 bridgehead atoms. The lowest BCUT2D eigenvalue weighted by atomic mass is 9.73. The molecule has 2 fully saturated rings. The smallest absolute Gasteiger partial charge is 0.0738 e. The third-order valence-electron chi connectivity index (χ3n) is 4.62. The fourth-order valence-electron chi connectivity index (χ4n) is 3.57. The highest BCUT2D eigenvalue weighted by molar-refractivity contribution is 5.18. The van der Waals surface area contributed by atoms with E-state index in [-0.39, 0.29) is 0 Å². The van der Waals surface area contributed by atoms with Crippen molar-refractivity contribution in [3.63, 3.8) is 0 Å². The van der Waals surface area contributed by atoms with Crippen LogP contribution in [0.5, 0.6) is 0 Å². The fraction of sp³-hybridized carbons (Fsp3) is 0.846.